The molecule has 3 atom stereocenters. The molecule has 2 aliphatic rings. The van der Waals surface area contributed by atoms with E-state index in [1.165, 1.54) is 40.0 Å². The van der Waals surface area contributed by atoms with Crippen molar-refractivity contribution in [3.8, 4) is 6.07 Å². The van der Waals surface area contributed by atoms with Crippen LogP contribution in [0, 0.1) is 29.0 Å². The maximum Gasteiger partial charge on any atom is 0.407 e. The maximum atomic E-state index is 13.2. The third kappa shape index (κ3) is 3.89. The number of carboxylic acid groups (broad SMARTS) is 1. The van der Waals surface area contributed by atoms with Gasteiger partial charge in [0.1, 0.15) is 11.4 Å². The standard InChI is InChI=1S/C20H21FN6O4/c21-12-1-3-13(4-2-12)24-19-15(18(23)28)8-27(25-19)16-5-6-26(20(29)30)17(14(16)7-22)11-9-31-10-11/h1-4,8,11,14,16-17H,5-6,9-10H2,(H2,23,28)(H,24,25)(H,29,30)/t14-,16-,17?/m0/s1. The summed E-state index contributed by atoms with van der Waals surface area (Å²) in [5.41, 5.74) is 6.14. The minimum atomic E-state index is -1.08. The van der Waals surface area contributed by atoms with Gasteiger partial charge in [-0.3, -0.25) is 9.48 Å². The highest BCUT2D eigenvalue weighted by Gasteiger charge is 2.47. The van der Waals surface area contributed by atoms with E-state index in [1.807, 2.05) is 0 Å². The fraction of sp³-hybridized carbons (Fsp3) is 0.400. The molecule has 2 aliphatic heterocycles. The zero-order chi connectivity index (χ0) is 22.1. The molecule has 0 radical (unpaired) electrons. The van der Waals surface area contributed by atoms with E-state index < -0.39 is 35.8 Å². The van der Waals surface area contributed by atoms with Gasteiger partial charge in [0, 0.05) is 24.3 Å². The fourth-order valence-corrected chi connectivity index (χ4v) is 4.21. The number of amides is 2. The molecule has 1 unspecified atom stereocenters. The highest BCUT2D eigenvalue weighted by Crippen LogP contribution is 2.39. The molecule has 10 nitrogen and oxygen atoms in total. The Balaban J connectivity index is 1.66. The van der Waals surface area contributed by atoms with E-state index in [2.05, 4.69) is 16.5 Å². The molecule has 0 aliphatic carbocycles. The normalized spacial score (nSPS) is 23.6. The molecule has 31 heavy (non-hydrogen) atoms. The van der Waals surface area contributed by atoms with Crippen LogP contribution in [0.3, 0.4) is 0 Å². The molecular formula is C20H21FN6O4. The van der Waals surface area contributed by atoms with Crippen LogP contribution in [-0.2, 0) is 4.74 Å². The molecule has 4 rings (SSSR count). The van der Waals surface area contributed by atoms with E-state index in [0.29, 0.717) is 25.3 Å². The predicted octanol–water partition coefficient (Wildman–Crippen LogP) is 1.94. The second-order valence-electron chi connectivity index (χ2n) is 7.64. The van der Waals surface area contributed by atoms with Gasteiger partial charge in [-0.1, -0.05) is 0 Å². The molecule has 1 aromatic carbocycles. The molecule has 0 spiro atoms. The van der Waals surface area contributed by atoms with Crippen molar-refractivity contribution >= 4 is 23.5 Å². The minimum absolute atomic E-state index is 0.0773. The van der Waals surface area contributed by atoms with Gasteiger partial charge in [-0.25, -0.2) is 9.18 Å². The van der Waals surface area contributed by atoms with Gasteiger partial charge in [-0.05, 0) is 30.7 Å². The number of nitriles is 1. The number of nitrogens with zero attached hydrogens (tertiary/aromatic N) is 4. The SMILES string of the molecule is N#C[C@@H]1C(C2COC2)N(C(=O)O)CC[C@@H]1n1cc(C(N)=O)c(Nc2ccc(F)cc2)n1. The molecule has 0 saturated carbocycles. The first kappa shape index (κ1) is 20.6. The van der Waals surface area contributed by atoms with E-state index in [-0.39, 0.29) is 23.8 Å². The molecule has 2 aromatic rings. The zero-order valence-electron chi connectivity index (χ0n) is 16.4. The summed E-state index contributed by atoms with van der Waals surface area (Å²) >= 11 is 0. The number of ether oxygens (including phenoxy) is 1. The van der Waals surface area contributed by atoms with Crippen LogP contribution in [-0.4, -0.2) is 57.6 Å². The highest BCUT2D eigenvalue weighted by molar-refractivity contribution is 5.98. The van der Waals surface area contributed by atoms with Gasteiger partial charge in [0.05, 0.1) is 37.3 Å². The lowest BCUT2D eigenvalue weighted by molar-refractivity contribution is -0.0923. The Hall–Kier alpha value is -3.65. The van der Waals surface area contributed by atoms with Gasteiger partial charge in [0.15, 0.2) is 5.82 Å². The van der Waals surface area contributed by atoms with Gasteiger partial charge >= 0.3 is 6.09 Å². The molecule has 1 aromatic heterocycles. The summed E-state index contributed by atoms with van der Waals surface area (Å²) in [4.78, 5) is 25.0. The van der Waals surface area contributed by atoms with Crippen LogP contribution < -0.4 is 11.1 Å². The highest BCUT2D eigenvalue weighted by atomic mass is 19.1. The number of likely N-dealkylation sites (tertiary alicyclic amines) is 1. The van der Waals surface area contributed by atoms with Gasteiger partial charge < -0.3 is 25.8 Å². The Bertz CT molecular complexity index is 1030. The van der Waals surface area contributed by atoms with Crippen molar-refractivity contribution in [3.63, 3.8) is 0 Å². The molecule has 3 heterocycles. The van der Waals surface area contributed by atoms with E-state index >= 15 is 0 Å². The average molecular weight is 428 g/mol. The summed E-state index contributed by atoms with van der Waals surface area (Å²) in [6.07, 6.45) is 0.742. The number of piperidine rings is 1. The van der Waals surface area contributed by atoms with Crippen LogP contribution in [0.15, 0.2) is 30.5 Å². The quantitative estimate of drug-likeness (QED) is 0.659. The van der Waals surface area contributed by atoms with Gasteiger partial charge in [-0.15, -0.1) is 0 Å². The fourth-order valence-electron chi connectivity index (χ4n) is 4.21. The molecular weight excluding hydrogens is 407 g/mol. The van der Waals surface area contributed by atoms with Crippen molar-refractivity contribution in [2.24, 2.45) is 17.6 Å². The number of nitrogens with one attached hydrogen (secondary N) is 1. The summed E-state index contributed by atoms with van der Waals surface area (Å²) in [6, 6.07) is 6.78. The van der Waals surface area contributed by atoms with Crippen molar-refractivity contribution in [3.05, 3.63) is 41.8 Å². The Morgan fingerprint density at radius 3 is 2.58 bits per heavy atom. The first-order chi connectivity index (χ1) is 14.9. The Morgan fingerprint density at radius 1 is 1.32 bits per heavy atom. The molecule has 2 fully saturated rings. The lowest BCUT2D eigenvalue weighted by Gasteiger charge is -2.47. The second kappa shape index (κ2) is 8.23. The van der Waals surface area contributed by atoms with Crippen LogP contribution in [0.2, 0.25) is 0 Å². The lowest BCUT2D eigenvalue weighted by atomic mass is 9.78. The number of primary amides is 1. The third-order valence-corrected chi connectivity index (χ3v) is 5.79. The maximum absolute atomic E-state index is 13.2. The van der Waals surface area contributed by atoms with E-state index in [4.69, 9.17) is 10.5 Å². The van der Waals surface area contributed by atoms with Crippen LogP contribution >= 0.6 is 0 Å². The summed E-state index contributed by atoms with van der Waals surface area (Å²) in [5.74, 6) is -1.69. The number of anilines is 2. The summed E-state index contributed by atoms with van der Waals surface area (Å²) < 4.78 is 19.9. The number of benzene rings is 1. The Labute approximate surface area is 177 Å². The zero-order valence-corrected chi connectivity index (χ0v) is 16.4. The van der Waals surface area contributed by atoms with E-state index in [0.717, 1.165) is 0 Å². The summed E-state index contributed by atoms with van der Waals surface area (Å²) in [6.45, 7) is 1.01. The molecule has 0 bridgehead atoms. The van der Waals surface area contributed by atoms with Crippen LogP contribution in [0.4, 0.5) is 20.7 Å². The molecule has 4 N–H and O–H groups in total. The smallest absolute Gasteiger partial charge is 0.407 e. The minimum Gasteiger partial charge on any atom is -0.465 e. The van der Waals surface area contributed by atoms with Crippen molar-refractivity contribution in [1.29, 1.82) is 5.26 Å². The number of hydrogen-bond acceptors (Lipinski definition) is 6. The molecule has 11 heteroatoms. The number of carbonyl (C=O) groups excluding carboxylic acids is 1. The number of halogens is 1. The summed E-state index contributed by atoms with van der Waals surface area (Å²) in [7, 11) is 0. The number of aromatic nitrogens is 2. The topological polar surface area (TPSA) is 146 Å². The van der Waals surface area contributed by atoms with Crippen molar-refractivity contribution in [2.45, 2.75) is 18.5 Å². The number of carbonyl (C=O) groups is 2. The molecule has 2 saturated heterocycles. The first-order valence-electron chi connectivity index (χ1n) is 9.77. The number of nitrogens with two attached hydrogens (primary N) is 1. The van der Waals surface area contributed by atoms with E-state index in [9.17, 15) is 24.3 Å². The van der Waals surface area contributed by atoms with Crippen LogP contribution in [0.1, 0.15) is 22.8 Å². The van der Waals surface area contributed by atoms with Crippen molar-refractivity contribution in [2.75, 3.05) is 25.1 Å². The Kier molecular flexibility index (Phi) is 5.48. The monoisotopic (exact) mass is 428 g/mol. The van der Waals surface area contributed by atoms with Gasteiger partial charge in [0.2, 0.25) is 0 Å². The number of rotatable bonds is 5. The molecule has 162 valence electrons. The van der Waals surface area contributed by atoms with Crippen LogP contribution in [0.5, 0.6) is 0 Å². The lowest BCUT2D eigenvalue weighted by Crippen LogP contribution is -2.58. The first-order valence-corrected chi connectivity index (χ1v) is 9.77. The Morgan fingerprint density at radius 2 is 2.03 bits per heavy atom. The van der Waals surface area contributed by atoms with Gasteiger partial charge in [-0.2, -0.15) is 10.4 Å². The second-order valence-corrected chi connectivity index (χ2v) is 7.64. The summed E-state index contributed by atoms with van der Waals surface area (Å²) in [5, 5.41) is 26.9. The van der Waals surface area contributed by atoms with E-state index in [1.54, 1.807) is 0 Å². The van der Waals surface area contributed by atoms with Crippen LogP contribution in [0.25, 0.3) is 0 Å². The van der Waals surface area contributed by atoms with Crippen molar-refractivity contribution < 1.29 is 23.8 Å². The molecule has 2 amide bonds. The van der Waals surface area contributed by atoms with Crippen molar-refractivity contribution in [1.82, 2.24) is 14.7 Å². The third-order valence-electron chi connectivity index (χ3n) is 5.79. The largest absolute Gasteiger partial charge is 0.465 e. The number of hydrogen-bond donors (Lipinski definition) is 3. The average Bonchev–Trinajstić information content (AvgIpc) is 3.11. The predicted molar refractivity (Wildman–Crippen MR) is 106 cm³/mol. The van der Waals surface area contributed by atoms with Gasteiger partial charge in [0.25, 0.3) is 5.91 Å².